The van der Waals surface area contributed by atoms with Crippen molar-refractivity contribution in [2.45, 2.75) is 13.3 Å². The molecular formula is C21H24N2O2. The normalized spacial score (nSPS) is 10.7. The van der Waals surface area contributed by atoms with Crippen molar-refractivity contribution >= 4 is 16.6 Å². The Bertz CT molecular complexity index is 877. The number of benzene rings is 2. The van der Waals surface area contributed by atoms with E-state index in [4.69, 9.17) is 9.47 Å². The fourth-order valence-electron chi connectivity index (χ4n) is 3.05. The first-order valence-corrected chi connectivity index (χ1v) is 8.41. The number of fused-ring (bicyclic) bond motifs is 1. The van der Waals surface area contributed by atoms with E-state index in [0.717, 1.165) is 35.7 Å². The first-order chi connectivity index (χ1) is 12.1. The van der Waals surface area contributed by atoms with Gasteiger partial charge in [-0.05, 0) is 43.2 Å². The number of pyridine rings is 1. The maximum absolute atomic E-state index is 5.39. The number of likely N-dealkylation sites (N-methyl/N-ethyl adjacent to an activating group) is 1. The summed E-state index contributed by atoms with van der Waals surface area (Å²) >= 11 is 0. The largest absolute Gasteiger partial charge is 0.493 e. The molecule has 0 aliphatic rings. The molecule has 0 saturated heterocycles. The Labute approximate surface area is 149 Å². The molecule has 0 N–H and O–H groups in total. The highest BCUT2D eigenvalue weighted by molar-refractivity contribution is 5.91. The minimum Gasteiger partial charge on any atom is -0.493 e. The van der Waals surface area contributed by atoms with Gasteiger partial charge in [0, 0.05) is 30.4 Å². The zero-order valence-corrected chi connectivity index (χ0v) is 15.2. The van der Waals surface area contributed by atoms with Gasteiger partial charge in [-0.1, -0.05) is 24.3 Å². The molecule has 130 valence electrons. The summed E-state index contributed by atoms with van der Waals surface area (Å²) in [4.78, 5) is 6.91. The van der Waals surface area contributed by atoms with Crippen LogP contribution in [0.3, 0.4) is 0 Å². The number of hydrogen-bond acceptors (Lipinski definition) is 4. The third kappa shape index (κ3) is 3.68. The molecule has 1 aromatic heterocycles. The summed E-state index contributed by atoms with van der Waals surface area (Å²) in [6.07, 6.45) is 0.923. The second kappa shape index (κ2) is 7.43. The molecule has 0 atom stereocenters. The third-order valence-corrected chi connectivity index (χ3v) is 4.42. The molecule has 0 radical (unpaired) electrons. The fraction of sp³-hybridized carbons (Fsp3) is 0.286. The molecule has 25 heavy (non-hydrogen) atoms. The lowest BCUT2D eigenvalue weighted by Crippen LogP contribution is -2.21. The van der Waals surface area contributed by atoms with E-state index in [9.17, 15) is 0 Å². The summed E-state index contributed by atoms with van der Waals surface area (Å²) in [7, 11) is 5.45. The van der Waals surface area contributed by atoms with Crippen LogP contribution in [0.4, 0.5) is 5.69 Å². The SMILES string of the molecule is COc1ccc(CCN(C)c2cc(C)nc3ccccc23)cc1OC. The Morgan fingerprint density at radius 2 is 1.72 bits per heavy atom. The molecule has 0 aliphatic carbocycles. The van der Waals surface area contributed by atoms with Crippen LogP contribution in [0.2, 0.25) is 0 Å². The quantitative estimate of drug-likeness (QED) is 0.674. The number of ether oxygens (including phenoxy) is 2. The maximum atomic E-state index is 5.39. The van der Waals surface area contributed by atoms with Crippen molar-refractivity contribution < 1.29 is 9.47 Å². The highest BCUT2D eigenvalue weighted by Gasteiger charge is 2.10. The van der Waals surface area contributed by atoms with E-state index in [1.807, 2.05) is 25.1 Å². The first-order valence-electron chi connectivity index (χ1n) is 8.41. The summed E-state index contributed by atoms with van der Waals surface area (Å²) in [6.45, 7) is 2.95. The topological polar surface area (TPSA) is 34.6 Å². The Morgan fingerprint density at radius 3 is 2.48 bits per heavy atom. The molecule has 3 aromatic rings. The van der Waals surface area contributed by atoms with Crippen molar-refractivity contribution in [3.05, 3.63) is 59.8 Å². The minimum atomic E-state index is 0.760. The van der Waals surface area contributed by atoms with Crippen LogP contribution >= 0.6 is 0 Å². The molecule has 0 aliphatic heterocycles. The average molecular weight is 336 g/mol. The van der Waals surface area contributed by atoms with E-state index < -0.39 is 0 Å². The van der Waals surface area contributed by atoms with Crippen molar-refractivity contribution in [3.63, 3.8) is 0 Å². The summed E-state index contributed by atoms with van der Waals surface area (Å²) in [5, 5.41) is 1.18. The predicted molar refractivity (Wildman–Crippen MR) is 103 cm³/mol. The molecule has 4 heteroatoms. The first kappa shape index (κ1) is 17.1. The highest BCUT2D eigenvalue weighted by atomic mass is 16.5. The number of aromatic nitrogens is 1. The van der Waals surface area contributed by atoms with Gasteiger partial charge >= 0.3 is 0 Å². The predicted octanol–water partition coefficient (Wildman–Crippen LogP) is 4.24. The molecule has 0 unspecified atom stereocenters. The van der Waals surface area contributed by atoms with Crippen LogP contribution in [-0.4, -0.2) is 32.8 Å². The van der Waals surface area contributed by atoms with Gasteiger partial charge in [-0.3, -0.25) is 4.98 Å². The van der Waals surface area contributed by atoms with Gasteiger partial charge in [0.25, 0.3) is 0 Å². The van der Waals surface area contributed by atoms with Gasteiger partial charge in [-0.15, -0.1) is 0 Å². The Hall–Kier alpha value is -2.75. The van der Waals surface area contributed by atoms with Crippen LogP contribution in [0.5, 0.6) is 11.5 Å². The van der Waals surface area contributed by atoms with Crippen molar-refractivity contribution in [3.8, 4) is 11.5 Å². The Balaban J connectivity index is 1.80. The lowest BCUT2D eigenvalue weighted by molar-refractivity contribution is 0.354. The number of nitrogens with zero attached hydrogens (tertiary/aromatic N) is 2. The van der Waals surface area contributed by atoms with Crippen LogP contribution in [-0.2, 0) is 6.42 Å². The van der Waals surface area contributed by atoms with Crippen molar-refractivity contribution in [2.75, 3.05) is 32.7 Å². The zero-order chi connectivity index (χ0) is 17.8. The standard InChI is InChI=1S/C21H24N2O2/c1-15-13-19(17-7-5-6-8-18(17)22-15)23(2)12-11-16-9-10-20(24-3)21(14-16)25-4/h5-10,13-14H,11-12H2,1-4H3. The van der Waals surface area contributed by atoms with E-state index in [1.165, 1.54) is 16.6 Å². The number of rotatable bonds is 6. The van der Waals surface area contributed by atoms with Gasteiger partial charge in [-0.25, -0.2) is 0 Å². The molecule has 0 amide bonds. The van der Waals surface area contributed by atoms with E-state index in [0.29, 0.717) is 0 Å². The molecule has 0 spiro atoms. The summed E-state index contributed by atoms with van der Waals surface area (Å²) in [5.41, 5.74) is 4.50. The average Bonchev–Trinajstić information content (AvgIpc) is 2.65. The molecule has 0 bridgehead atoms. The summed E-state index contributed by atoms with van der Waals surface area (Å²) in [5.74, 6) is 1.53. The minimum absolute atomic E-state index is 0.760. The summed E-state index contributed by atoms with van der Waals surface area (Å²) in [6, 6.07) is 16.5. The Morgan fingerprint density at radius 1 is 0.960 bits per heavy atom. The van der Waals surface area contributed by atoms with Crippen LogP contribution in [0.25, 0.3) is 10.9 Å². The van der Waals surface area contributed by atoms with Gasteiger partial charge in [0.1, 0.15) is 0 Å². The zero-order valence-electron chi connectivity index (χ0n) is 15.2. The van der Waals surface area contributed by atoms with E-state index >= 15 is 0 Å². The number of aryl methyl sites for hydroxylation is 1. The van der Waals surface area contributed by atoms with Crippen molar-refractivity contribution in [1.29, 1.82) is 0 Å². The lowest BCUT2D eigenvalue weighted by atomic mass is 10.1. The van der Waals surface area contributed by atoms with Crippen molar-refractivity contribution in [1.82, 2.24) is 4.98 Å². The van der Waals surface area contributed by atoms with Gasteiger partial charge in [-0.2, -0.15) is 0 Å². The molecule has 0 saturated carbocycles. The summed E-state index contributed by atoms with van der Waals surface area (Å²) < 4.78 is 10.7. The third-order valence-electron chi connectivity index (χ3n) is 4.42. The van der Waals surface area contributed by atoms with Gasteiger partial charge < -0.3 is 14.4 Å². The molecule has 1 heterocycles. The number of methoxy groups -OCH3 is 2. The molecule has 3 rings (SSSR count). The number of hydrogen-bond donors (Lipinski definition) is 0. The van der Waals surface area contributed by atoms with Crippen LogP contribution in [0.1, 0.15) is 11.3 Å². The lowest BCUT2D eigenvalue weighted by Gasteiger charge is -2.22. The van der Waals surface area contributed by atoms with E-state index in [1.54, 1.807) is 14.2 Å². The molecule has 4 nitrogen and oxygen atoms in total. The number of anilines is 1. The van der Waals surface area contributed by atoms with Gasteiger partial charge in [0.2, 0.25) is 0 Å². The smallest absolute Gasteiger partial charge is 0.160 e. The second-order valence-electron chi connectivity index (χ2n) is 6.16. The second-order valence-corrected chi connectivity index (χ2v) is 6.16. The van der Waals surface area contributed by atoms with Gasteiger partial charge in [0.15, 0.2) is 11.5 Å². The highest BCUT2D eigenvalue weighted by Crippen LogP contribution is 2.29. The molecule has 0 fully saturated rings. The van der Waals surface area contributed by atoms with E-state index in [-0.39, 0.29) is 0 Å². The van der Waals surface area contributed by atoms with Crippen LogP contribution in [0.15, 0.2) is 48.5 Å². The Kier molecular flexibility index (Phi) is 5.08. The van der Waals surface area contributed by atoms with Gasteiger partial charge in [0.05, 0.1) is 19.7 Å². The number of para-hydroxylation sites is 1. The molecule has 2 aromatic carbocycles. The van der Waals surface area contributed by atoms with Crippen molar-refractivity contribution in [2.24, 2.45) is 0 Å². The van der Waals surface area contributed by atoms with Crippen LogP contribution in [0, 0.1) is 6.92 Å². The van der Waals surface area contributed by atoms with Crippen LogP contribution < -0.4 is 14.4 Å². The monoisotopic (exact) mass is 336 g/mol. The fourth-order valence-corrected chi connectivity index (χ4v) is 3.05. The molecular weight excluding hydrogens is 312 g/mol. The maximum Gasteiger partial charge on any atom is 0.160 e. The van der Waals surface area contributed by atoms with E-state index in [2.05, 4.69) is 47.3 Å².